The third kappa shape index (κ3) is 4.47. The highest BCUT2D eigenvalue weighted by atomic mass is 16.5. The van der Waals surface area contributed by atoms with Crippen molar-refractivity contribution in [2.45, 2.75) is 39.8 Å². The SMILES string of the molecule is CCCOc1ccc([C@H](C)NC(=O)c2ccn(CC)c(=O)c2)cc1. The Kier molecular flexibility index (Phi) is 6.18. The minimum absolute atomic E-state index is 0.161. The van der Waals surface area contributed by atoms with Crippen molar-refractivity contribution in [2.75, 3.05) is 6.61 Å². The van der Waals surface area contributed by atoms with E-state index in [1.807, 2.05) is 38.1 Å². The fraction of sp³-hybridized carbons (Fsp3) is 0.368. The van der Waals surface area contributed by atoms with E-state index in [4.69, 9.17) is 4.74 Å². The highest BCUT2D eigenvalue weighted by molar-refractivity contribution is 5.94. The molecule has 2 aromatic rings. The maximum absolute atomic E-state index is 12.3. The molecule has 2 rings (SSSR count). The summed E-state index contributed by atoms with van der Waals surface area (Å²) in [5.74, 6) is 0.566. The van der Waals surface area contributed by atoms with Crippen LogP contribution in [-0.2, 0) is 6.54 Å². The summed E-state index contributed by atoms with van der Waals surface area (Å²) in [5.41, 5.74) is 1.18. The first-order valence-electron chi connectivity index (χ1n) is 8.29. The predicted octanol–water partition coefficient (Wildman–Crippen LogP) is 3.15. The third-order valence-corrected chi connectivity index (χ3v) is 3.80. The Morgan fingerprint density at radius 1 is 1.21 bits per heavy atom. The van der Waals surface area contributed by atoms with Crippen LogP contribution in [0.3, 0.4) is 0 Å². The lowest BCUT2D eigenvalue weighted by Gasteiger charge is -2.15. The average molecular weight is 328 g/mol. The maximum Gasteiger partial charge on any atom is 0.252 e. The standard InChI is InChI=1S/C19H24N2O3/c1-4-12-24-17-8-6-15(7-9-17)14(3)20-19(23)16-10-11-21(5-2)18(22)13-16/h6-11,13-14H,4-5,12H2,1-3H3,(H,20,23)/t14-/m0/s1. The molecule has 1 aromatic carbocycles. The summed E-state index contributed by atoms with van der Waals surface area (Å²) < 4.78 is 7.10. The largest absolute Gasteiger partial charge is 0.494 e. The van der Waals surface area contributed by atoms with Crippen molar-refractivity contribution in [3.8, 4) is 5.75 Å². The van der Waals surface area contributed by atoms with E-state index in [2.05, 4.69) is 12.2 Å². The van der Waals surface area contributed by atoms with E-state index in [9.17, 15) is 9.59 Å². The first kappa shape index (κ1) is 17.8. The number of rotatable bonds is 7. The summed E-state index contributed by atoms with van der Waals surface area (Å²) in [6.45, 7) is 7.13. The lowest BCUT2D eigenvalue weighted by molar-refractivity contribution is 0.0939. The Morgan fingerprint density at radius 2 is 1.92 bits per heavy atom. The highest BCUT2D eigenvalue weighted by Crippen LogP contribution is 2.18. The van der Waals surface area contributed by atoms with Crippen LogP contribution < -0.4 is 15.6 Å². The minimum atomic E-state index is -0.255. The molecular weight excluding hydrogens is 304 g/mol. The van der Waals surface area contributed by atoms with Gasteiger partial charge in [-0.25, -0.2) is 0 Å². The number of hydrogen-bond acceptors (Lipinski definition) is 3. The number of aromatic nitrogens is 1. The van der Waals surface area contributed by atoms with Gasteiger partial charge in [-0.15, -0.1) is 0 Å². The number of amides is 1. The first-order chi connectivity index (χ1) is 11.5. The van der Waals surface area contributed by atoms with Gasteiger partial charge in [-0.3, -0.25) is 9.59 Å². The smallest absolute Gasteiger partial charge is 0.252 e. The van der Waals surface area contributed by atoms with Crippen LogP contribution in [0.15, 0.2) is 47.4 Å². The Morgan fingerprint density at radius 3 is 2.50 bits per heavy atom. The highest BCUT2D eigenvalue weighted by Gasteiger charge is 2.12. The van der Waals surface area contributed by atoms with Gasteiger partial charge in [0, 0.05) is 24.4 Å². The molecule has 1 amide bonds. The van der Waals surface area contributed by atoms with Gasteiger partial charge in [-0.05, 0) is 44.0 Å². The summed E-state index contributed by atoms with van der Waals surface area (Å²) in [4.78, 5) is 24.1. The number of hydrogen-bond donors (Lipinski definition) is 1. The van der Waals surface area contributed by atoms with Crippen LogP contribution in [0, 0.1) is 0 Å². The molecule has 0 aliphatic rings. The fourth-order valence-electron chi connectivity index (χ4n) is 2.35. The Hall–Kier alpha value is -2.56. The second-order valence-corrected chi connectivity index (χ2v) is 5.65. The van der Waals surface area contributed by atoms with Crippen molar-refractivity contribution in [3.63, 3.8) is 0 Å². The zero-order valence-corrected chi connectivity index (χ0v) is 14.4. The van der Waals surface area contributed by atoms with Crippen LogP contribution in [0.1, 0.15) is 49.2 Å². The number of carbonyl (C=O) groups excluding carboxylic acids is 1. The van der Waals surface area contributed by atoms with Gasteiger partial charge in [0.2, 0.25) is 0 Å². The summed E-state index contributed by atoms with van der Waals surface area (Å²) in [5, 5.41) is 2.91. The Bertz CT molecular complexity index is 735. The number of nitrogens with zero attached hydrogens (tertiary/aromatic N) is 1. The molecule has 0 saturated heterocycles. The van der Waals surface area contributed by atoms with Gasteiger partial charge >= 0.3 is 0 Å². The van der Waals surface area contributed by atoms with Gasteiger partial charge in [0.05, 0.1) is 12.6 Å². The monoisotopic (exact) mass is 328 g/mol. The van der Waals surface area contributed by atoms with Crippen molar-refractivity contribution >= 4 is 5.91 Å². The van der Waals surface area contributed by atoms with Gasteiger partial charge < -0.3 is 14.6 Å². The zero-order chi connectivity index (χ0) is 17.5. The van der Waals surface area contributed by atoms with Crippen molar-refractivity contribution in [2.24, 2.45) is 0 Å². The molecule has 128 valence electrons. The summed E-state index contributed by atoms with van der Waals surface area (Å²) in [6.07, 6.45) is 2.60. The number of nitrogens with one attached hydrogen (secondary N) is 1. The van der Waals surface area contributed by atoms with Gasteiger partial charge in [0.25, 0.3) is 11.5 Å². The topological polar surface area (TPSA) is 60.3 Å². The Labute approximate surface area is 142 Å². The lowest BCUT2D eigenvalue weighted by Crippen LogP contribution is -2.28. The van der Waals surface area contributed by atoms with E-state index in [-0.39, 0.29) is 17.5 Å². The number of pyridine rings is 1. The van der Waals surface area contributed by atoms with E-state index in [0.717, 1.165) is 17.7 Å². The average Bonchev–Trinajstić information content (AvgIpc) is 2.60. The van der Waals surface area contributed by atoms with Crippen LogP contribution in [0.4, 0.5) is 0 Å². The molecule has 1 heterocycles. The molecule has 0 saturated carbocycles. The normalized spacial score (nSPS) is 11.8. The van der Waals surface area contributed by atoms with Gasteiger partial charge in [-0.1, -0.05) is 19.1 Å². The molecule has 1 aromatic heterocycles. The van der Waals surface area contributed by atoms with Crippen molar-refractivity contribution < 1.29 is 9.53 Å². The van der Waals surface area contributed by atoms with E-state index >= 15 is 0 Å². The van der Waals surface area contributed by atoms with Crippen LogP contribution in [0.2, 0.25) is 0 Å². The number of carbonyl (C=O) groups is 1. The maximum atomic E-state index is 12.3. The van der Waals surface area contributed by atoms with E-state index in [0.29, 0.717) is 18.7 Å². The van der Waals surface area contributed by atoms with Crippen molar-refractivity contribution in [1.82, 2.24) is 9.88 Å². The molecule has 1 atom stereocenters. The lowest BCUT2D eigenvalue weighted by atomic mass is 10.1. The minimum Gasteiger partial charge on any atom is -0.494 e. The molecule has 0 bridgehead atoms. The van der Waals surface area contributed by atoms with Crippen LogP contribution in [0.5, 0.6) is 5.75 Å². The summed E-state index contributed by atoms with van der Waals surface area (Å²) in [7, 11) is 0. The molecule has 0 aliphatic carbocycles. The summed E-state index contributed by atoms with van der Waals surface area (Å²) in [6, 6.07) is 10.5. The molecule has 0 radical (unpaired) electrons. The summed E-state index contributed by atoms with van der Waals surface area (Å²) >= 11 is 0. The number of ether oxygens (including phenoxy) is 1. The van der Waals surface area contributed by atoms with Crippen LogP contribution in [-0.4, -0.2) is 17.1 Å². The third-order valence-electron chi connectivity index (χ3n) is 3.80. The van der Waals surface area contributed by atoms with Gasteiger partial charge in [-0.2, -0.15) is 0 Å². The van der Waals surface area contributed by atoms with Gasteiger partial charge in [0.1, 0.15) is 5.75 Å². The van der Waals surface area contributed by atoms with Crippen LogP contribution >= 0.6 is 0 Å². The zero-order valence-electron chi connectivity index (χ0n) is 14.4. The molecule has 5 nitrogen and oxygen atoms in total. The molecule has 0 fully saturated rings. The molecular formula is C19H24N2O3. The second kappa shape index (κ2) is 8.34. The number of benzene rings is 1. The molecule has 5 heteroatoms. The molecule has 24 heavy (non-hydrogen) atoms. The van der Waals surface area contributed by atoms with E-state index < -0.39 is 0 Å². The molecule has 0 spiro atoms. The molecule has 1 N–H and O–H groups in total. The number of aryl methyl sites for hydroxylation is 1. The van der Waals surface area contributed by atoms with E-state index in [1.165, 1.54) is 6.07 Å². The first-order valence-corrected chi connectivity index (χ1v) is 8.29. The Balaban J connectivity index is 2.03. The molecule has 0 unspecified atom stereocenters. The van der Waals surface area contributed by atoms with Crippen LogP contribution in [0.25, 0.3) is 0 Å². The van der Waals surface area contributed by atoms with E-state index in [1.54, 1.807) is 16.8 Å². The van der Waals surface area contributed by atoms with Crippen molar-refractivity contribution in [3.05, 3.63) is 64.1 Å². The quantitative estimate of drug-likeness (QED) is 0.849. The second-order valence-electron chi connectivity index (χ2n) is 5.65. The van der Waals surface area contributed by atoms with Crippen molar-refractivity contribution in [1.29, 1.82) is 0 Å². The fourth-order valence-corrected chi connectivity index (χ4v) is 2.35. The predicted molar refractivity (Wildman–Crippen MR) is 94.5 cm³/mol. The van der Waals surface area contributed by atoms with Gasteiger partial charge in [0.15, 0.2) is 0 Å². The molecule has 0 aliphatic heterocycles.